The lowest BCUT2D eigenvalue weighted by atomic mass is 9.49. The molecule has 0 bridgehead atoms. The third kappa shape index (κ3) is 2.84. The summed E-state index contributed by atoms with van der Waals surface area (Å²) in [6, 6.07) is 0. The van der Waals surface area contributed by atoms with E-state index in [1.165, 1.54) is 0 Å². The Morgan fingerprint density at radius 2 is 1.43 bits per heavy atom. The van der Waals surface area contributed by atoms with Gasteiger partial charge in [0.2, 0.25) is 0 Å². The van der Waals surface area contributed by atoms with E-state index in [9.17, 15) is 0 Å². The fourth-order valence-electron chi connectivity index (χ4n) is 0. The maximum Gasteiger partial charge on any atom is 0.107 e. The van der Waals surface area contributed by atoms with Crippen molar-refractivity contribution in [1.29, 1.82) is 0 Å². The fraction of sp³-hybridized carbons (Fsp3) is 1.00. The zero-order chi connectivity index (χ0) is 6.08. The molecule has 0 radical (unpaired) electrons. The van der Waals surface area contributed by atoms with Crippen LogP contribution in [-0.2, 0) is 0 Å². The van der Waals surface area contributed by atoms with Crippen molar-refractivity contribution in [3.63, 3.8) is 0 Å². The van der Waals surface area contributed by atoms with Crippen LogP contribution in [0.4, 0.5) is 0 Å². The molecule has 0 aromatic heterocycles. The summed E-state index contributed by atoms with van der Waals surface area (Å²) in [5.74, 6) is 0. The molecule has 0 amide bonds. The van der Waals surface area contributed by atoms with Gasteiger partial charge in [0.05, 0.1) is 15.7 Å². The number of hydrogen-bond donors (Lipinski definition) is 0. The molecule has 0 spiro atoms. The smallest absolute Gasteiger partial charge is 0.0979 e. The van der Waals surface area contributed by atoms with E-state index in [1.807, 2.05) is 0 Å². The van der Waals surface area contributed by atoms with E-state index >= 15 is 0 Å². The first-order chi connectivity index (χ1) is 2.94. The van der Waals surface area contributed by atoms with Crippen molar-refractivity contribution in [1.82, 2.24) is 0 Å². The van der Waals surface area contributed by atoms with Gasteiger partial charge < -0.3 is 0 Å². The first-order valence-corrected chi connectivity index (χ1v) is 2.94. The Labute approximate surface area is 49.3 Å². The van der Waals surface area contributed by atoms with Gasteiger partial charge in [0.15, 0.2) is 0 Å². The lowest BCUT2D eigenvalue weighted by molar-refractivity contribution is 0.730. The van der Waals surface area contributed by atoms with Crippen LogP contribution in [0.2, 0.25) is 11.0 Å². The molecule has 0 aromatic rings. The molecule has 0 aliphatic carbocycles. The molecule has 3 heteroatoms. The van der Waals surface area contributed by atoms with E-state index < -0.39 is 0 Å². The molecular formula is C4H13B3. The molecule has 0 saturated heterocycles. The van der Waals surface area contributed by atoms with Gasteiger partial charge in [0.1, 0.15) is 7.85 Å². The Morgan fingerprint density at radius 3 is 1.43 bits per heavy atom. The van der Waals surface area contributed by atoms with Crippen LogP contribution in [0.25, 0.3) is 0 Å². The lowest BCUT2D eigenvalue weighted by Crippen LogP contribution is -2.11. The molecule has 38 valence electrons. The Hall–Kier alpha value is 0.195. The SMILES string of the molecule is BC(B)C(B)(C)C. The van der Waals surface area contributed by atoms with Gasteiger partial charge >= 0.3 is 0 Å². The Bertz CT molecular complexity index is 52.4. The molecule has 7 heavy (non-hydrogen) atoms. The second-order valence-electron chi connectivity index (χ2n) is 3.52. The van der Waals surface area contributed by atoms with Crippen molar-refractivity contribution >= 4 is 23.5 Å². The van der Waals surface area contributed by atoms with Gasteiger partial charge in [-0.1, -0.05) is 24.9 Å². The Morgan fingerprint density at radius 1 is 1.29 bits per heavy atom. The summed E-state index contributed by atoms with van der Waals surface area (Å²) in [5.41, 5.74) is 0.799. The predicted octanol–water partition coefficient (Wildman–Crippen LogP) is -1.17. The van der Waals surface area contributed by atoms with Crippen LogP contribution in [0, 0.1) is 0 Å². The van der Waals surface area contributed by atoms with Crippen LogP contribution in [0.5, 0.6) is 0 Å². The van der Waals surface area contributed by atoms with Gasteiger partial charge in [0, 0.05) is 0 Å². The van der Waals surface area contributed by atoms with Crippen LogP contribution >= 0.6 is 0 Å². The van der Waals surface area contributed by atoms with Crippen LogP contribution in [0.15, 0.2) is 0 Å². The van der Waals surface area contributed by atoms with E-state index in [-0.39, 0.29) is 0 Å². The van der Waals surface area contributed by atoms with E-state index in [0.29, 0.717) is 5.31 Å². The second-order valence-corrected chi connectivity index (χ2v) is 3.52. The molecule has 0 nitrogen and oxygen atoms in total. The van der Waals surface area contributed by atoms with Crippen LogP contribution in [0.1, 0.15) is 13.8 Å². The van der Waals surface area contributed by atoms with E-state index in [2.05, 4.69) is 37.4 Å². The summed E-state index contributed by atoms with van der Waals surface area (Å²) in [6.45, 7) is 4.52. The molecule has 0 aliphatic rings. The Balaban J connectivity index is 3.54. The molecule has 0 N–H and O–H groups in total. The summed E-state index contributed by atoms with van der Waals surface area (Å²) >= 11 is 0. The van der Waals surface area contributed by atoms with Gasteiger partial charge in [-0.15, -0.1) is 0 Å². The van der Waals surface area contributed by atoms with Crippen molar-refractivity contribution in [3.8, 4) is 0 Å². The highest BCUT2D eigenvalue weighted by Crippen LogP contribution is 2.29. The van der Waals surface area contributed by atoms with Gasteiger partial charge in [-0.25, -0.2) is 0 Å². The number of rotatable bonds is 1. The molecular weight excluding hydrogens is 80.5 g/mol. The standard InChI is InChI=1S/C4H13B3/c1-4(2,7)3(5)6/h3H,5-7H2,1-2H3. The molecule has 0 aliphatic heterocycles. The minimum absolute atomic E-state index is 0.500. The minimum Gasteiger partial charge on any atom is -0.0979 e. The van der Waals surface area contributed by atoms with Crippen molar-refractivity contribution in [2.45, 2.75) is 24.9 Å². The van der Waals surface area contributed by atoms with Crippen molar-refractivity contribution in [3.05, 3.63) is 0 Å². The maximum atomic E-state index is 2.26. The molecule has 0 aromatic carbocycles. The second kappa shape index (κ2) is 1.98. The highest BCUT2D eigenvalue weighted by molar-refractivity contribution is 6.40. The van der Waals surface area contributed by atoms with Gasteiger partial charge in [-0.2, -0.15) is 0 Å². The molecule has 0 saturated carbocycles. The minimum atomic E-state index is 0.500. The summed E-state index contributed by atoms with van der Waals surface area (Å²) in [6.07, 6.45) is 0. The van der Waals surface area contributed by atoms with E-state index in [1.54, 1.807) is 0 Å². The highest BCUT2D eigenvalue weighted by atomic mass is 14.0. The summed E-state index contributed by atoms with van der Waals surface area (Å²) in [5, 5.41) is 0.500. The quantitative estimate of drug-likeness (QED) is 0.359. The average Bonchev–Trinajstić information content (AvgIpc) is 1.31. The van der Waals surface area contributed by atoms with E-state index in [0.717, 1.165) is 5.72 Å². The zero-order valence-corrected chi connectivity index (χ0v) is 6.08. The molecule has 0 unspecified atom stereocenters. The van der Waals surface area contributed by atoms with Crippen LogP contribution < -0.4 is 0 Å². The maximum absolute atomic E-state index is 2.26. The zero-order valence-electron chi connectivity index (χ0n) is 6.08. The summed E-state index contributed by atoms with van der Waals surface area (Å²) in [7, 11) is 6.76. The third-order valence-corrected chi connectivity index (χ3v) is 1.73. The first-order valence-electron chi connectivity index (χ1n) is 2.94. The fourth-order valence-corrected chi connectivity index (χ4v) is 0. The van der Waals surface area contributed by atoms with Crippen LogP contribution in [-0.4, -0.2) is 23.5 Å². The Kier molecular flexibility index (Phi) is 2.03. The van der Waals surface area contributed by atoms with Crippen molar-refractivity contribution < 1.29 is 0 Å². The average molecular weight is 93.6 g/mol. The molecule has 0 atom stereocenters. The lowest BCUT2D eigenvalue weighted by Gasteiger charge is -2.22. The first kappa shape index (κ1) is 7.19. The topological polar surface area (TPSA) is 0 Å². The highest BCUT2D eigenvalue weighted by Gasteiger charge is 2.13. The third-order valence-electron chi connectivity index (χ3n) is 1.73. The molecule has 0 fully saturated rings. The van der Waals surface area contributed by atoms with Crippen LogP contribution in [0.3, 0.4) is 0 Å². The summed E-state index contributed by atoms with van der Waals surface area (Å²) < 4.78 is 0. The van der Waals surface area contributed by atoms with E-state index in [4.69, 9.17) is 0 Å². The van der Waals surface area contributed by atoms with Crippen molar-refractivity contribution in [2.75, 3.05) is 0 Å². The van der Waals surface area contributed by atoms with Gasteiger partial charge in [-0.05, 0) is 0 Å². The number of hydrogen-bond acceptors (Lipinski definition) is 0. The van der Waals surface area contributed by atoms with Gasteiger partial charge in [0.25, 0.3) is 0 Å². The largest absolute Gasteiger partial charge is 0.107 e. The summed E-state index contributed by atoms with van der Waals surface area (Å²) in [4.78, 5) is 0. The predicted molar refractivity (Wildman–Crippen MR) is 43.4 cm³/mol. The molecule has 0 heterocycles. The van der Waals surface area contributed by atoms with Gasteiger partial charge in [-0.3, -0.25) is 0 Å². The van der Waals surface area contributed by atoms with Crippen molar-refractivity contribution in [2.24, 2.45) is 0 Å². The normalized spacial score (nSPS) is 12.4. The monoisotopic (exact) mass is 94.1 g/mol. The molecule has 0 rings (SSSR count).